The quantitative estimate of drug-likeness (QED) is 0.898. The summed E-state index contributed by atoms with van der Waals surface area (Å²) in [4.78, 5) is 11.6. The largest absolute Gasteiger partial charge is 0.370 e. The van der Waals surface area contributed by atoms with Crippen LogP contribution in [0.25, 0.3) is 0 Å². The first-order valence-corrected chi connectivity index (χ1v) is 7.07. The normalized spacial score (nSPS) is 20.5. The fourth-order valence-corrected chi connectivity index (χ4v) is 2.34. The zero-order valence-corrected chi connectivity index (χ0v) is 12.4. The summed E-state index contributed by atoms with van der Waals surface area (Å²) in [6.07, 6.45) is 0.907. The molecule has 0 aromatic carbocycles. The van der Waals surface area contributed by atoms with Gasteiger partial charge in [0.15, 0.2) is 5.82 Å². The Morgan fingerprint density at radius 1 is 1.37 bits per heavy atom. The third-order valence-electron chi connectivity index (χ3n) is 3.50. The number of likely N-dealkylation sites (N-methyl/N-ethyl adjacent to an activating group) is 1. The van der Waals surface area contributed by atoms with E-state index in [0.29, 0.717) is 0 Å². The van der Waals surface area contributed by atoms with Gasteiger partial charge in [-0.25, -0.2) is 9.97 Å². The number of nitrogens with zero attached hydrogens (tertiary/aromatic N) is 3. The molecule has 19 heavy (non-hydrogen) atoms. The van der Waals surface area contributed by atoms with Crippen molar-refractivity contribution in [2.75, 3.05) is 38.6 Å². The Morgan fingerprint density at radius 2 is 2.16 bits per heavy atom. The lowest BCUT2D eigenvalue weighted by Gasteiger charge is -2.29. The standard InChI is InChI=1S/C14H24N4O/c1-5-11-10(3)13(15-6-2)17-14(16-11)12-9-18(4)7-8-19-12/h12H,5-9H2,1-4H3,(H,15,16,17). The van der Waals surface area contributed by atoms with Gasteiger partial charge < -0.3 is 15.0 Å². The molecule has 2 heterocycles. The third-order valence-corrected chi connectivity index (χ3v) is 3.50. The van der Waals surface area contributed by atoms with Crippen LogP contribution in [0.2, 0.25) is 0 Å². The maximum atomic E-state index is 5.81. The van der Waals surface area contributed by atoms with Crippen molar-refractivity contribution >= 4 is 5.82 Å². The van der Waals surface area contributed by atoms with Crippen LogP contribution in [0.15, 0.2) is 0 Å². The molecule has 1 aromatic heterocycles. The number of aryl methyl sites for hydroxylation is 1. The topological polar surface area (TPSA) is 50.3 Å². The minimum atomic E-state index is -0.0120. The van der Waals surface area contributed by atoms with E-state index in [0.717, 1.165) is 55.6 Å². The second kappa shape index (κ2) is 6.30. The highest BCUT2D eigenvalue weighted by Crippen LogP contribution is 2.23. The van der Waals surface area contributed by atoms with E-state index < -0.39 is 0 Å². The first-order valence-electron chi connectivity index (χ1n) is 7.07. The van der Waals surface area contributed by atoms with Crippen LogP contribution in [-0.2, 0) is 11.2 Å². The predicted octanol–water partition coefficient (Wildman–Crippen LogP) is 1.78. The summed E-state index contributed by atoms with van der Waals surface area (Å²) in [5.74, 6) is 1.76. The molecule has 0 radical (unpaired) electrons. The van der Waals surface area contributed by atoms with Crippen molar-refractivity contribution in [2.24, 2.45) is 0 Å². The summed E-state index contributed by atoms with van der Waals surface area (Å²) in [5.41, 5.74) is 2.26. The number of morpholine rings is 1. The zero-order chi connectivity index (χ0) is 13.8. The van der Waals surface area contributed by atoms with E-state index in [4.69, 9.17) is 4.74 Å². The van der Waals surface area contributed by atoms with Gasteiger partial charge in [0.25, 0.3) is 0 Å². The molecule has 1 saturated heterocycles. The molecule has 1 fully saturated rings. The van der Waals surface area contributed by atoms with Gasteiger partial charge in [0.1, 0.15) is 11.9 Å². The summed E-state index contributed by atoms with van der Waals surface area (Å²) < 4.78 is 5.81. The van der Waals surface area contributed by atoms with Crippen molar-refractivity contribution in [3.63, 3.8) is 0 Å². The number of aromatic nitrogens is 2. The highest BCUT2D eigenvalue weighted by atomic mass is 16.5. The van der Waals surface area contributed by atoms with Crippen molar-refractivity contribution in [3.05, 3.63) is 17.1 Å². The van der Waals surface area contributed by atoms with E-state index in [1.54, 1.807) is 0 Å². The number of rotatable bonds is 4. The average Bonchev–Trinajstić information content (AvgIpc) is 2.41. The average molecular weight is 264 g/mol. The molecule has 0 bridgehead atoms. The van der Waals surface area contributed by atoms with E-state index in [-0.39, 0.29) is 6.10 Å². The second-order valence-electron chi connectivity index (χ2n) is 5.01. The Morgan fingerprint density at radius 3 is 2.79 bits per heavy atom. The first-order chi connectivity index (χ1) is 9.15. The van der Waals surface area contributed by atoms with Gasteiger partial charge >= 0.3 is 0 Å². The van der Waals surface area contributed by atoms with E-state index in [2.05, 4.69) is 48.0 Å². The Labute approximate surface area is 115 Å². The van der Waals surface area contributed by atoms with E-state index >= 15 is 0 Å². The van der Waals surface area contributed by atoms with Crippen LogP contribution in [0.4, 0.5) is 5.82 Å². The lowest BCUT2D eigenvalue weighted by atomic mass is 10.1. The number of hydrogen-bond acceptors (Lipinski definition) is 5. The molecule has 0 amide bonds. The molecule has 1 aromatic rings. The van der Waals surface area contributed by atoms with Gasteiger partial charge in [0, 0.05) is 30.9 Å². The van der Waals surface area contributed by atoms with Crippen LogP contribution in [-0.4, -0.2) is 48.2 Å². The molecular formula is C14H24N4O. The van der Waals surface area contributed by atoms with E-state index in [1.807, 2.05) is 0 Å². The molecule has 5 heteroatoms. The Balaban J connectivity index is 2.31. The van der Waals surface area contributed by atoms with Crippen LogP contribution >= 0.6 is 0 Å². The predicted molar refractivity (Wildman–Crippen MR) is 76.5 cm³/mol. The van der Waals surface area contributed by atoms with Gasteiger partial charge in [0.05, 0.1) is 6.61 Å². The molecule has 1 unspecified atom stereocenters. The molecule has 0 spiro atoms. The van der Waals surface area contributed by atoms with Gasteiger partial charge in [-0.2, -0.15) is 0 Å². The SMILES string of the molecule is CCNc1nc(C2CN(C)CCO2)nc(CC)c1C. The van der Waals surface area contributed by atoms with Gasteiger partial charge in [-0.05, 0) is 27.3 Å². The lowest BCUT2D eigenvalue weighted by molar-refractivity contribution is -0.0255. The number of hydrogen-bond donors (Lipinski definition) is 1. The van der Waals surface area contributed by atoms with Gasteiger partial charge in [-0.3, -0.25) is 0 Å². The maximum Gasteiger partial charge on any atom is 0.161 e. The van der Waals surface area contributed by atoms with Crippen LogP contribution in [0.1, 0.15) is 37.0 Å². The zero-order valence-electron chi connectivity index (χ0n) is 12.4. The summed E-state index contributed by atoms with van der Waals surface area (Å²) in [6, 6.07) is 0. The minimum Gasteiger partial charge on any atom is -0.370 e. The fourth-order valence-electron chi connectivity index (χ4n) is 2.34. The van der Waals surface area contributed by atoms with Crippen molar-refractivity contribution in [1.82, 2.24) is 14.9 Å². The molecule has 0 saturated carbocycles. The second-order valence-corrected chi connectivity index (χ2v) is 5.01. The lowest BCUT2D eigenvalue weighted by Crippen LogP contribution is -2.36. The van der Waals surface area contributed by atoms with Gasteiger partial charge in [-0.15, -0.1) is 0 Å². The smallest absolute Gasteiger partial charge is 0.161 e. The molecule has 106 valence electrons. The number of ether oxygens (including phenoxy) is 1. The van der Waals surface area contributed by atoms with Crippen molar-refractivity contribution in [1.29, 1.82) is 0 Å². The molecule has 2 rings (SSSR count). The highest BCUT2D eigenvalue weighted by molar-refractivity contribution is 5.46. The van der Waals surface area contributed by atoms with E-state index in [9.17, 15) is 0 Å². The summed E-state index contributed by atoms with van der Waals surface area (Å²) in [5, 5.41) is 3.32. The Bertz CT molecular complexity index is 436. The molecule has 5 nitrogen and oxygen atoms in total. The van der Waals surface area contributed by atoms with Crippen LogP contribution in [0.5, 0.6) is 0 Å². The van der Waals surface area contributed by atoms with Crippen molar-refractivity contribution in [3.8, 4) is 0 Å². The Kier molecular flexibility index (Phi) is 4.71. The van der Waals surface area contributed by atoms with Crippen molar-refractivity contribution in [2.45, 2.75) is 33.3 Å². The highest BCUT2D eigenvalue weighted by Gasteiger charge is 2.23. The van der Waals surface area contributed by atoms with Crippen molar-refractivity contribution < 1.29 is 4.74 Å². The maximum absolute atomic E-state index is 5.81. The van der Waals surface area contributed by atoms with Gasteiger partial charge in [-0.1, -0.05) is 6.92 Å². The van der Waals surface area contributed by atoms with Crippen LogP contribution in [0.3, 0.4) is 0 Å². The molecule has 1 aliphatic heterocycles. The molecule has 1 atom stereocenters. The molecule has 1 N–H and O–H groups in total. The first kappa shape index (κ1) is 14.2. The molecule has 0 aliphatic carbocycles. The minimum absolute atomic E-state index is 0.0120. The monoisotopic (exact) mass is 264 g/mol. The van der Waals surface area contributed by atoms with Crippen LogP contribution < -0.4 is 5.32 Å². The van der Waals surface area contributed by atoms with Gasteiger partial charge in [0.2, 0.25) is 0 Å². The number of anilines is 1. The molecule has 1 aliphatic rings. The summed E-state index contributed by atoms with van der Waals surface area (Å²) in [7, 11) is 2.11. The number of nitrogens with one attached hydrogen (secondary N) is 1. The summed E-state index contributed by atoms with van der Waals surface area (Å²) >= 11 is 0. The molecular weight excluding hydrogens is 240 g/mol. The van der Waals surface area contributed by atoms with Crippen LogP contribution in [0, 0.1) is 6.92 Å². The fraction of sp³-hybridized carbons (Fsp3) is 0.714. The Hall–Kier alpha value is -1.20. The summed E-state index contributed by atoms with van der Waals surface area (Å²) in [6.45, 7) is 9.73. The third kappa shape index (κ3) is 3.22. The van der Waals surface area contributed by atoms with E-state index in [1.165, 1.54) is 0 Å².